The topological polar surface area (TPSA) is 69.7 Å². The molecule has 26 heavy (non-hydrogen) atoms. The van der Waals surface area contributed by atoms with E-state index < -0.39 is 0 Å². The van der Waals surface area contributed by atoms with Gasteiger partial charge in [-0.05, 0) is 48.9 Å². The van der Waals surface area contributed by atoms with Gasteiger partial charge in [-0.15, -0.1) is 0 Å². The normalized spacial score (nSPS) is 23.2. The number of amides is 3. The molecule has 140 valence electrons. The molecule has 2 unspecified atom stereocenters. The fourth-order valence-corrected chi connectivity index (χ4v) is 3.95. The van der Waals surface area contributed by atoms with Crippen molar-refractivity contribution in [2.45, 2.75) is 33.1 Å². The number of hydrogen-bond acceptors (Lipinski definition) is 3. The summed E-state index contributed by atoms with van der Waals surface area (Å²) in [4.78, 5) is 40.0. The van der Waals surface area contributed by atoms with Crippen molar-refractivity contribution in [1.29, 1.82) is 0 Å². The van der Waals surface area contributed by atoms with E-state index in [1.54, 1.807) is 29.2 Å². The van der Waals surface area contributed by atoms with Gasteiger partial charge in [0.2, 0.25) is 11.8 Å². The SMILES string of the molecule is CC1CC(C)CN(C(=O)CNC(=O)c2ccc(N3CCCC3=O)cc2)C1. The molecule has 2 heterocycles. The Kier molecular flexibility index (Phi) is 5.59. The van der Waals surface area contributed by atoms with Crippen molar-refractivity contribution in [2.24, 2.45) is 11.8 Å². The van der Waals surface area contributed by atoms with E-state index in [9.17, 15) is 14.4 Å². The molecule has 0 saturated carbocycles. The van der Waals surface area contributed by atoms with Crippen LogP contribution in [-0.4, -0.2) is 48.8 Å². The van der Waals surface area contributed by atoms with Gasteiger partial charge in [0.25, 0.3) is 5.91 Å². The first kappa shape index (κ1) is 18.4. The van der Waals surface area contributed by atoms with Crippen LogP contribution in [0.1, 0.15) is 43.5 Å². The summed E-state index contributed by atoms with van der Waals surface area (Å²) in [6.07, 6.45) is 2.59. The number of nitrogens with zero attached hydrogens (tertiary/aromatic N) is 2. The quantitative estimate of drug-likeness (QED) is 0.897. The Bertz CT molecular complexity index is 676. The van der Waals surface area contributed by atoms with Gasteiger partial charge in [0.05, 0.1) is 6.54 Å². The standard InChI is InChI=1S/C20H27N3O3/c1-14-10-15(2)13-22(12-14)19(25)11-21-20(26)16-5-7-17(8-6-16)23-9-3-4-18(23)24/h5-8,14-15H,3-4,9-13H2,1-2H3,(H,21,26). The number of rotatable bonds is 4. The molecular formula is C20H27N3O3. The molecule has 1 aromatic rings. The van der Waals surface area contributed by atoms with E-state index in [2.05, 4.69) is 19.2 Å². The van der Waals surface area contributed by atoms with E-state index >= 15 is 0 Å². The zero-order valence-corrected chi connectivity index (χ0v) is 15.5. The Labute approximate surface area is 154 Å². The van der Waals surface area contributed by atoms with Crippen LogP contribution in [0.3, 0.4) is 0 Å². The predicted octanol–water partition coefficient (Wildman–Crippen LogP) is 2.05. The Balaban J connectivity index is 1.53. The summed E-state index contributed by atoms with van der Waals surface area (Å²) in [6, 6.07) is 6.97. The third kappa shape index (κ3) is 4.23. The largest absolute Gasteiger partial charge is 0.343 e. The molecule has 1 aromatic carbocycles. The molecule has 2 atom stereocenters. The third-order valence-corrected chi connectivity index (χ3v) is 5.14. The fourth-order valence-electron chi connectivity index (χ4n) is 3.95. The highest BCUT2D eigenvalue weighted by atomic mass is 16.2. The summed E-state index contributed by atoms with van der Waals surface area (Å²) >= 11 is 0. The molecular weight excluding hydrogens is 330 g/mol. The van der Waals surface area contributed by atoms with Crippen LogP contribution in [0.4, 0.5) is 5.69 Å². The average molecular weight is 357 g/mol. The summed E-state index contributed by atoms with van der Waals surface area (Å²) in [5.41, 5.74) is 1.31. The summed E-state index contributed by atoms with van der Waals surface area (Å²) in [7, 11) is 0. The summed E-state index contributed by atoms with van der Waals surface area (Å²) in [5, 5.41) is 2.71. The van der Waals surface area contributed by atoms with Crippen molar-refractivity contribution in [2.75, 3.05) is 31.1 Å². The highest BCUT2D eigenvalue weighted by Crippen LogP contribution is 2.22. The van der Waals surface area contributed by atoms with E-state index in [0.29, 0.717) is 23.8 Å². The summed E-state index contributed by atoms with van der Waals surface area (Å²) < 4.78 is 0. The lowest BCUT2D eigenvalue weighted by molar-refractivity contribution is -0.132. The molecule has 0 bridgehead atoms. The lowest BCUT2D eigenvalue weighted by Gasteiger charge is -2.35. The van der Waals surface area contributed by atoms with E-state index in [1.165, 1.54) is 0 Å². The number of carbonyl (C=O) groups excluding carboxylic acids is 3. The molecule has 2 aliphatic rings. The van der Waals surface area contributed by atoms with Crippen molar-refractivity contribution in [3.05, 3.63) is 29.8 Å². The molecule has 0 aromatic heterocycles. The van der Waals surface area contributed by atoms with Crippen LogP contribution in [0.2, 0.25) is 0 Å². The van der Waals surface area contributed by atoms with Crippen LogP contribution < -0.4 is 10.2 Å². The van der Waals surface area contributed by atoms with Crippen LogP contribution >= 0.6 is 0 Å². The maximum Gasteiger partial charge on any atom is 0.251 e. The Morgan fingerprint density at radius 1 is 1.12 bits per heavy atom. The molecule has 2 fully saturated rings. The first-order valence-corrected chi connectivity index (χ1v) is 9.40. The second kappa shape index (κ2) is 7.89. The number of hydrogen-bond donors (Lipinski definition) is 1. The molecule has 1 N–H and O–H groups in total. The lowest BCUT2D eigenvalue weighted by Crippen LogP contribution is -2.46. The van der Waals surface area contributed by atoms with Crippen LogP contribution in [-0.2, 0) is 9.59 Å². The smallest absolute Gasteiger partial charge is 0.251 e. The fraction of sp³-hybridized carbons (Fsp3) is 0.550. The summed E-state index contributed by atoms with van der Waals surface area (Å²) in [6.45, 7) is 6.58. The number of carbonyl (C=O) groups is 3. The average Bonchev–Trinajstić information content (AvgIpc) is 3.04. The van der Waals surface area contributed by atoms with Crippen molar-refractivity contribution in [3.63, 3.8) is 0 Å². The number of piperidine rings is 1. The Morgan fingerprint density at radius 2 is 1.77 bits per heavy atom. The second-order valence-electron chi connectivity index (χ2n) is 7.62. The molecule has 0 radical (unpaired) electrons. The summed E-state index contributed by atoms with van der Waals surface area (Å²) in [5.74, 6) is 0.822. The van der Waals surface area contributed by atoms with Gasteiger partial charge in [0.15, 0.2) is 0 Å². The van der Waals surface area contributed by atoms with Crippen LogP contribution in [0.25, 0.3) is 0 Å². The minimum absolute atomic E-state index is 0.0185. The van der Waals surface area contributed by atoms with Gasteiger partial charge in [-0.25, -0.2) is 0 Å². The third-order valence-electron chi connectivity index (χ3n) is 5.14. The maximum absolute atomic E-state index is 12.4. The van der Waals surface area contributed by atoms with Crippen molar-refractivity contribution in [3.8, 4) is 0 Å². The number of nitrogens with one attached hydrogen (secondary N) is 1. The predicted molar refractivity (Wildman–Crippen MR) is 99.9 cm³/mol. The second-order valence-corrected chi connectivity index (χ2v) is 7.62. The van der Waals surface area contributed by atoms with Gasteiger partial charge in [0.1, 0.15) is 0 Å². The zero-order valence-electron chi connectivity index (χ0n) is 15.5. The molecule has 6 nitrogen and oxygen atoms in total. The monoisotopic (exact) mass is 357 g/mol. The molecule has 0 spiro atoms. The molecule has 2 aliphatic heterocycles. The van der Waals surface area contributed by atoms with Crippen molar-refractivity contribution in [1.82, 2.24) is 10.2 Å². The molecule has 3 amide bonds. The lowest BCUT2D eigenvalue weighted by atomic mass is 9.92. The van der Waals surface area contributed by atoms with Crippen molar-refractivity contribution < 1.29 is 14.4 Å². The maximum atomic E-state index is 12.4. The molecule has 0 aliphatic carbocycles. The van der Waals surface area contributed by atoms with Gasteiger partial charge in [-0.1, -0.05) is 13.8 Å². The highest BCUT2D eigenvalue weighted by Gasteiger charge is 2.25. The van der Waals surface area contributed by atoms with Crippen LogP contribution in [0, 0.1) is 11.8 Å². The number of likely N-dealkylation sites (tertiary alicyclic amines) is 1. The van der Waals surface area contributed by atoms with Gasteiger partial charge in [0, 0.05) is 37.3 Å². The first-order valence-electron chi connectivity index (χ1n) is 9.40. The van der Waals surface area contributed by atoms with Gasteiger partial charge >= 0.3 is 0 Å². The van der Waals surface area contributed by atoms with Gasteiger partial charge in [-0.2, -0.15) is 0 Å². The molecule has 2 saturated heterocycles. The first-order chi connectivity index (χ1) is 12.4. The Hall–Kier alpha value is -2.37. The zero-order chi connectivity index (χ0) is 18.7. The van der Waals surface area contributed by atoms with Crippen LogP contribution in [0.15, 0.2) is 24.3 Å². The molecule has 6 heteroatoms. The minimum atomic E-state index is -0.268. The van der Waals surface area contributed by atoms with Crippen molar-refractivity contribution >= 4 is 23.4 Å². The van der Waals surface area contributed by atoms with E-state index in [4.69, 9.17) is 0 Å². The van der Waals surface area contributed by atoms with Crippen LogP contribution in [0.5, 0.6) is 0 Å². The van der Waals surface area contributed by atoms with Gasteiger partial charge in [-0.3, -0.25) is 14.4 Å². The van der Waals surface area contributed by atoms with E-state index in [1.807, 2.05) is 4.90 Å². The minimum Gasteiger partial charge on any atom is -0.343 e. The number of benzene rings is 1. The molecule has 3 rings (SSSR count). The van der Waals surface area contributed by atoms with E-state index in [0.717, 1.165) is 38.2 Å². The Morgan fingerprint density at radius 3 is 2.35 bits per heavy atom. The van der Waals surface area contributed by atoms with E-state index in [-0.39, 0.29) is 24.3 Å². The number of anilines is 1. The van der Waals surface area contributed by atoms with Gasteiger partial charge < -0.3 is 15.1 Å². The highest BCUT2D eigenvalue weighted by molar-refractivity contribution is 5.98.